The van der Waals surface area contributed by atoms with Gasteiger partial charge in [-0.3, -0.25) is 4.79 Å². The Bertz CT molecular complexity index is 382. The molecule has 0 fully saturated rings. The zero-order valence-corrected chi connectivity index (χ0v) is 8.94. The van der Waals surface area contributed by atoms with Gasteiger partial charge in [0.05, 0.1) is 0 Å². The molecule has 0 aliphatic carbocycles. The fraction of sp³-hybridized carbons (Fsp3) is 0. The van der Waals surface area contributed by atoms with Crippen LogP contribution in [-0.4, -0.2) is 15.9 Å². The number of aromatic nitrogens is 2. The predicted molar refractivity (Wildman–Crippen MR) is 55.3 cm³/mol. The lowest BCUT2D eigenvalue weighted by Gasteiger charge is -1.99. The van der Waals surface area contributed by atoms with Crippen molar-refractivity contribution in [3.63, 3.8) is 0 Å². The third-order valence-corrected chi connectivity index (χ3v) is 1.98. The van der Waals surface area contributed by atoms with Crippen molar-refractivity contribution in [3.8, 4) is 0 Å². The molecule has 14 heavy (non-hydrogen) atoms. The highest BCUT2D eigenvalue weighted by Crippen LogP contribution is 2.23. The molecule has 1 rings (SSSR count). The Balaban J connectivity index is 3.15. The normalized spacial score (nSPS) is 10.8. The molecule has 0 saturated carbocycles. The topological polar surface area (TPSA) is 68.9 Å². The highest BCUT2D eigenvalue weighted by molar-refractivity contribution is 6.37. The molecule has 0 aliphatic rings. The zero-order valence-electron chi connectivity index (χ0n) is 6.67. The summed E-state index contributed by atoms with van der Waals surface area (Å²) in [6.45, 7) is 0. The van der Waals surface area contributed by atoms with Crippen LogP contribution in [0.5, 0.6) is 0 Å². The maximum absolute atomic E-state index is 10.4. The average molecular weight is 252 g/mol. The molecule has 1 heterocycles. The van der Waals surface area contributed by atoms with Gasteiger partial charge in [0.25, 0.3) is 0 Å². The van der Waals surface area contributed by atoms with E-state index in [1.807, 2.05) is 0 Å². The van der Waals surface area contributed by atoms with E-state index < -0.39 is 5.91 Å². The van der Waals surface area contributed by atoms with E-state index in [4.69, 9.17) is 40.5 Å². The number of nitrogens with two attached hydrogens (primary N) is 1. The summed E-state index contributed by atoms with van der Waals surface area (Å²) >= 11 is 16.9. The summed E-state index contributed by atoms with van der Waals surface area (Å²) in [6, 6.07) is 0. The molecule has 74 valence electrons. The van der Waals surface area contributed by atoms with Gasteiger partial charge in [0, 0.05) is 11.6 Å². The second kappa shape index (κ2) is 4.59. The Morgan fingerprint density at radius 2 is 1.71 bits per heavy atom. The molecule has 1 aromatic rings. The van der Waals surface area contributed by atoms with Crippen LogP contribution in [0.3, 0.4) is 0 Å². The minimum atomic E-state index is -0.618. The Hall–Kier alpha value is -0.840. The van der Waals surface area contributed by atoms with E-state index in [1.54, 1.807) is 0 Å². The lowest BCUT2D eigenvalue weighted by molar-refractivity contribution is -0.113. The SMILES string of the molecule is NC(=O)C=Cc1c(Cl)nc(Cl)nc1Cl. The van der Waals surface area contributed by atoms with Gasteiger partial charge >= 0.3 is 0 Å². The van der Waals surface area contributed by atoms with Crippen molar-refractivity contribution in [1.82, 2.24) is 9.97 Å². The molecule has 2 N–H and O–H groups in total. The number of carbonyl (C=O) groups excluding carboxylic acids is 1. The lowest BCUT2D eigenvalue weighted by Crippen LogP contribution is -2.05. The number of hydrogen-bond acceptors (Lipinski definition) is 3. The first-order valence-electron chi connectivity index (χ1n) is 3.36. The van der Waals surface area contributed by atoms with Crippen LogP contribution in [0.25, 0.3) is 6.08 Å². The maximum atomic E-state index is 10.4. The molecule has 0 bridgehead atoms. The van der Waals surface area contributed by atoms with Gasteiger partial charge in [-0.2, -0.15) is 0 Å². The van der Waals surface area contributed by atoms with Crippen molar-refractivity contribution < 1.29 is 4.79 Å². The Labute approximate surface area is 94.7 Å². The minimum absolute atomic E-state index is 0.0591. The molecule has 0 unspecified atom stereocenters. The summed E-state index contributed by atoms with van der Waals surface area (Å²) < 4.78 is 0. The van der Waals surface area contributed by atoms with Gasteiger partial charge in [0.15, 0.2) is 0 Å². The zero-order chi connectivity index (χ0) is 10.7. The van der Waals surface area contributed by atoms with Gasteiger partial charge in [-0.1, -0.05) is 23.2 Å². The van der Waals surface area contributed by atoms with Gasteiger partial charge in [-0.25, -0.2) is 9.97 Å². The minimum Gasteiger partial charge on any atom is -0.366 e. The van der Waals surface area contributed by atoms with E-state index in [-0.39, 0.29) is 15.6 Å². The van der Waals surface area contributed by atoms with Gasteiger partial charge in [0.2, 0.25) is 11.2 Å². The largest absolute Gasteiger partial charge is 0.366 e. The van der Waals surface area contributed by atoms with Crippen LogP contribution in [0.2, 0.25) is 15.6 Å². The Morgan fingerprint density at radius 3 is 2.14 bits per heavy atom. The molecule has 4 nitrogen and oxygen atoms in total. The summed E-state index contributed by atoms with van der Waals surface area (Å²) in [4.78, 5) is 17.7. The summed E-state index contributed by atoms with van der Waals surface area (Å²) in [5.41, 5.74) is 5.19. The summed E-state index contributed by atoms with van der Waals surface area (Å²) in [5, 5.41) is 0.0659. The monoisotopic (exact) mass is 251 g/mol. The van der Waals surface area contributed by atoms with Crippen molar-refractivity contribution in [2.45, 2.75) is 0 Å². The van der Waals surface area contributed by atoms with Gasteiger partial charge in [-0.05, 0) is 17.7 Å². The fourth-order valence-electron chi connectivity index (χ4n) is 0.696. The van der Waals surface area contributed by atoms with Crippen LogP contribution in [0.1, 0.15) is 5.56 Å². The summed E-state index contributed by atoms with van der Waals surface area (Å²) in [5.74, 6) is -0.618. The van der Waals surface area contributed by atoms with Crippen LogP contribution >= 0.6 is 34.8 Å². The van der Waals surface area contributed by atoms with E-state index in [1.165, 1.54) is 6.08 Å². The van der Waals surface area contributed by atoms with Gasteiger partial charge < -0.3 is 5.73 Å². The molecule has 7 heteroatoms. The van der Waals surface area contributed by atoms with E-state index in [2.05, 4.69) is 9.97 Å². The summed E-state index contributed by atoms with van der Waals surface area (Å²) in [7, 11) is 0. The number of nitrogens with zero attached hydrogens (tertiary/aromatic N) is 2. The van der Waals surface area contributed by atoms with Gasteiger partial charge in [-0.15, -0.1) is 0 Å². The molecule has 1 aromatic heterocycles. The fourth-order valence-corrected chi connectivity index (χ4v) is 1.46. The molecule has 1 amide bonds. The third kappa shape index (κ3) is 2.83. The average Bonchev–Trinajstić information content (AvgIpc) is 2.01. The third-order valence-electron chi connectivity index (χ3n) is 1.24. The quantitative estimate of drug-likeness (QED) is 0.497. The van der Waals surface area contributed by atoms with Gasteiger partial charge in [0.1, 0.15) is 10.3 Å². The van der Waals surface area contributed by atoms with E-state index in [0.29, 0.717) is 5.56 Å². The molecule has 0 aromatic carbocycles. The summed E-state index contributed by atoms with van der Waals surface area (Å²) in [6.07, 6.45) is 2.42. The van der Waals surface area contributed by atoms with E-state index >= 15 is 0 Å². The standard InChI is InChI=1S/C7H4Cl3N3O/c8-5-3(1-2-4(11)14)6(9)13-7(10)12-5/h1-2H,(H2,11,14). The molecule has 0 aliphatic heterocycles. The molecule has 0 atom stereocenters. The number of rotatable bonds is 2. The first-order chi connectivity index (χ1) is 6.50. The van der Waals surface area contributed by atoms with Crippen molar-refractivity contribution in [1.29, 1.82) is 0 Å². The molecule has 0 saturated heterocycles. The molecule has 0 spiro atoms. The Kier molecular flexibility index (Phi) is 3.69. The molecular weight excluding hydrogens is 248 g/mol. The maximum Gasteiger partial charge on any atom is 0.241 e. The lowest BCUT2D eigenvalue weighted by atomic mass is 10.3. The van der Waals surface area contributed by atoms with Crippen molar-refractivity contribution in [2.75, 3.05) is 0 Å². The van der Waals surface area contributed by atoms with Crippen molar-refractivity contribution >= 4 is 46.8 Å². The Morgan fingerprint density at radius 1 is 1.21 bits per heavy atom. The highest BCUT2D eigenvalue weighted by atomic mass is 35.5. The first-order valence-corrected chi connectivity index (χ1v) is 4.50. The number of amides is 1. The molecular formula is C7H4Cl3N3O. The van der Waals surface area contributed by atoms with Crippen molar-refractivity contribution in [2.24, 2.45) is 5.73 Å². The second-order valence-electron chi connectivity index (χ2n) is 2.22. The van der Waals surface area contributed by atoms with E-state index in [0.717, 1.165) is 6.08 Å². The van der Waals surface area contributed by atoms with E-state index in [9.17, 15) is 4.79 Å². The highest BCUT2D eigenvalue weighted by Gasteiger charge is 2.07. The number of primary amides is 1. The first kappa shape index (κ1) is 11.2. The van der Waals surface area contributed by atoms with Crippen LogP contribution in [0.15, 0.2) is 6.08 Å². The smallest absolute Gasteiger partial charge is 0.241 e. The van der Waals surface area contributed by atoms with Crippen LogP contribution < -0.4 is 5.73 Å². The predicted octanol–water partition coefficient (Wildman–Crippen LogP) is 1.94. The number of carbonyl (C=O) groups is 1. The van der Waals surface area contributed by atoms with Crippen molar-refractivity contribution in [3.05, 3.63) is 27.2 Å². The van der Waals surface area contributed by atoms with Crippen LogP contribution in [0.4, 0.5) is 0 Å². The second-order valence-corrected chi connectivity index (χ2v) is 3.28. The van der Waals surface area contributed by atoms with Crippen LogP contribution in [-0.2, 0) is 4.79 Å². The number of halogens is 3. The number of hydrogen-bond donors (Lipinski definition) is 1. The van der Waals surface area contributed by atoms with Crippen LogP contribution in [0, 0.1) is 0 Å². The molecule has 0 radical (unpaired) electrons.